The van der Waals surface area contributed by atoms with Gasteiger partial charge in [0.25, 0.3) is 0 Å². The Hall–Kier alpha value is -0.880. The molecule has 0 saturated heterocycles. The van der Waals surface area contributed by atoms with Gasteiger partial charge in [-0.2, -0.15) is 11.8 Å². The number of rotatable bonds is 7. The van der Waals surface area contributed by atoms with Gasteiger partial charge in [-0.25, -0.2) is 0 Å². The maximum Gasteiger partial charge on any atom is 0.433 e. The van der Waals surface area contributed by atoms with Crippen LogP contribution in [0.4, 0.5) is 5.88 Å². The molecule has 0 aromatic carbocycles. The van der Waals surface area contributed by atoms with Gasteiger partial charge in [-0.3, -0.25) is 10.1 Å². The largest absolute Gasteiger partial charge is 0.433 e. The Morgan fingerprint density at radius 2 is 2.31 bits per heavy atom. The first kappa shape index (κ1) is 13.2. The highest BCUT2D eigenvalue weighted by atomic mass is 32.2. The fraction of sp³-hybridized carbons (Fsp3) is 0.400. The molecule has 16 heavy (non-hydrogen) atoms. The highest BCUT2D eigenvalue weighted by Gasteiger charge is 2.09. The van der Waals surface area contributed by atoms with Gasteiger partial charge in [0.15, 0.2) is 0 Å². The molecule has 1 heterocycles. The van der Waals surface area contributed by atoms with Crippen LogP contribution in [-0.4, -0.2) is 22.2 Å². The summed E-state index contributed by atoms with van der Waals surface area (Å²) in [6.07, 6.45) is 1.74. The van der Waals surface area contributed by atoms with E-state index >= 15 is 0 Å². The van der Waals surface area contributed by atoms with E-state index in [4.69, 9.17) is 4.42 Å². The summed E-state index contributed by atoms with van der Waals surface area (Å²) in [6.45, 7) is 2.13. The van der Waals surface area contributed by atoms with Crippen molar-refractivity contribution < 1.29 is 9.34 Å². The summed E-state index contributed by atoms with van der Waals surface area (Å²) in [4.78, 5) is 9.80. The van der Waals surface area contributed by atoms with Gasteiger partial charge in [0.1, 0.15) is 10.7 Å². The zero-order valence-electron chi connectivity index (χ0n) is 8.92. The molecule has 0 aliphatic carbocycles. The molecule has 0 unspecified atom stereocenters. The molecule has 0 radical (unpaired) electrons. The van der Waals surface area contributed by atoms with Gasteiger partial charge < -0.3 is 4.42 Å². The Morgan fingerprint density at radius 1 is 1.50 bits per heavy atom. The van der Waals surface area contributed by atoms with E-state index in [2.05, 4.69) is 6.92 Å². The second-order valence-corrected chi connectivity index (χ2v) is 5.21. The van der Waals surface area contributed by atoms with Gasteiger partial charge in [-0.1, -0.05) is 6.92 Å². The van der Waals surface area contributed by atoms with Gasteiger partial charge in [0.05, 0.1) is 6.07 Å². The fourth-order valence-corrected chi connectivity index (χ4v) is 2.48. The summed E-state index contributed by atoms with van der Waals surface area (Å²) < 4.78 is 4.97. The summed E-state index contributed by atoms with van der Waals surface area (Å²) in [6, 6.07) is 2.95. The lowest BCUT2D eigenvalue weighted by Crippen LogP contribution is -1.82. The first-order chi connectivity index (χ1) is 7.74. The van der Waals surface area contributed by atoms with Gasteiger partial charge in [-0.15, -0.1) is 11.8 Å². The SMILES string of the molecule is CCSCCSC=Cc1ccc([N+](=O)[O-])o1. The number of thioether (sulfide) groups is 2. The summed E-state index contributed by atoms with van der Waals surface area (Å²) in [5, 5.41) is 12.2. The zero-order valence-corrected chi connectivity index (χ0v) is 10.6. The molecule has 6 heteroatoms. The third-order valence-electron chi connectivity index (χ3n) is 1.67. The number of hydrogen-bond donors (Lipinski definition) is 0. The van der Waals surface area contributed by atoms with E-state index in [-0.39, 0.29) is 5.88 Å². The Balaban J connectivity index is 2.30. The maximum atomic E-state index is 10.3. The van der Waals surface area contributed by atoms with E-state index in [0.717, 1.165) is 17.3 Å². The lowest BCUT2D eigenvalue weighted by molar-refractivity contribution is -0.402. The standard InChI is InChI=1S/C10H13NO3S2/c1-2-15-7-8-16-6-5-9-3-4-10(14-9)11(12)13/h3-6H,2,7-8H2,1H3. The molecule has 0 bridgehead atoms. The molecule has 0 fully saturated rings. The predicted molar refractivity (Wildman–Crippen MR) is 69.9 cm³/mol. The molecular weight excluding hydrogens is 246 g/mol. The molecule has 88 valence electrons. The van der Waals surface area contributed by atoms with Crippen LogP contribution in [0.2, 0.25) is 0 Å². The molecule has 0 N–H and O–H groups in total. The summed E-state index contributed by atoms with van der Waals surface area (Å²) in [5.41, 5.74) is 0. The number of furan rings is 1. The first-order valence-corrected chi connectivity index (χ1v) is 7.04. The van der Waals surface area contributed by atoms with Crippen LogP contribution in [0.1, 0.15) is 12.7 Å². The molecule has 0 atom stereocenters. The van der Waals surface area contributed by atoms with E-state index in [1.807, 2.05) is 17.2 Å². The Labute approximate surface area is 103 Å². The predicted octanol–water partition coefficient (Wildman–Crippen LogP) is 3.64. The molecule has 0 aliphatic rings. The third kappa shape index (κ3) is 4.76. The highest BCUT2D eigenvalue weighted by Crippen LogP contribution is 2.18. The van der Waals surface area contributed by atoms with Crippen LogP contribution in [0, 0.1) is 10.1 Å². The number of nitrogens with zero attached hydrogens (tertiary/aromatic N) is 1. The molecule has 4 nitrogen and oxygen atoms in total. The van der Waals surface area contributed by atoms with Crippen LogP contribution in [0.25, 0.3) is 6.08 Å². The average Bonchev–Trinajstić information content (AvgIpc) is 2.72. The van der Waals surface area contributed by atoms with Crippen molar-refractivity contribution in [1.82, 2.24) is 0 Å². The second kappa shape index (κ2) is 7.40. The average molecular weight is 259 g/mol. The molecule has 1 rings (SSSR count). The van der Waals surface area contributed by atoms with Crippen molar-refractivity contribution in [2.45, 2.75) is 6.92 Å². The molecule has 0 amide bonds. The van der Waals surface area contributed by atoms with Gasteiger partial charge >= 0.3 is 5.88 Å². The Bertz CT molecular complexity index is 363. The van der Waals surface area contributed by atoms with Crippen molar-refractivity contribution in [3.63, 3.8) is 0 Å². The molecule has 1 aromatic rings. The van der Waals surface area contributed by atoms with Crippen LogP contribution in [-0.2, 0) is 0 Å². The smallest absolute Gasteiger partial charge is 0.401 e. The fourth-order valence-electron chi connectivity index (χ4n) is 0.965. The van der Waals surface area contributed by atoms with Gasteiger partial charge in [-0.05, 0) is 23.3 Å². The van der Waals surface area contributed by atoms with Gasteiger partial charge in [0.2, 0.25) is 0 Å². The van der Waals surface area contributed by atoms with E-state index in [0.29, 0.717) is 5.76 Å². The Morgan fingerprint density at radius 3 is 2.94 bits per heavy atom. The number of hydrogen-bond acceptors (Lipinski definition) is 5. The van der Waals surface area contributed by atoms with Crippen LogP contribution in [0.15, 0.2) is 22.0 Å². The van der Waals surface area contributed by atoms with Crippen molar-refractivity contribution in [3.05, 3.63) is 33.4 Å². The van der Waals surface area contributed by atoms with Crippen molar-refractivity contribution in [2.75, 3.05) is 17.3 Å². The summed E-state index contributed by atoms with van der Waals surface area (Å²) in [5.74, 6) is 3.59. The topological polar surface area (TPSA) is 56.3 Å². The maximum absolute atomic E-state index is 10.3. The minimum absolute atomic E-state index is 0.216. The highest BCUT2D eigenvalue weighted by molar-refractivity contribution is 8.04. The molecular formula is C10H13NO3S2. The van der Waals surface area contributed by atoms with Crippen LogP contribution in [0.3, 0.4) is 0 Å². The van der Waals surface area contributed by atoms with Crippen molar-refractivity contribution >= 4 is 35.5 Å². The van der Waals surface area contributed by atoms with E-state index in [9.17, 15) is 10.1 Å². The zero-order chi connectivity index (χ0) is 11.8. The summed E-state index contributed by atoms with van der Waals surface area (Å²) in [7, 11) is 0. The lowest BCUT2D eigenvalue weighted by Gasteiger charge is -1.93. The molecule has 0 aliphatic heterocycles. The van der Waals surface area contributed by atoms with Gasteiger partial charge in [0, 0.05) is 11.5 Å². The van der Waals surface area contributed by atoms with Crippen LogP contribution < -0.4 is 0 Å². The van der Waals surface area contributed by atoms with Crippen molar-refractivity contribution in [2.24, 2.45) is 0 Å². The normalized spacial score (nSPS) is 11.1. The quantitative estimate of drug-likeness (QED) is 0.425. The monoisotopic (exact) mass is 259 g/mol. The van der Waals surface area contributed by atoms with Crippen molar-refractivity contribution in [3.8, 4) is 0 Å². The van der Waals surface area contributed by atoms with Crippen molar-refractivity contribution in [1.29, 1.82) is 0 Å². The summed E-state index contributed by atoms with van der Waals surface area (Å²) >= 11 is 3.57. The van der Waals surface area contributed by atoms with Crippen LogP contribution >= 0.6 is 23.5 Å². The van der Waals surface area contributed by atoms with E-state index in [1.165, 1.54) is 6.07 Å². The minimum atomic E-state index is -0.539. The first-order valence-electron chi connectivity index (χ1n) is 4.84. The number of nitro groups is 1. The van der Waals surface area contributed by atoms with E-state index in [1.54, 1.807) is 23.9 Å². The Kier molecular flexibility index (Phi) is 6.10. The minimum Gasteiger partial charge on any atom is -0.401 e. The molecule has 0 saturated carbocycles. The molecule has 1 aromatic heterocycles. The van der Waals surface area contributed by atoms with E-state index < -0.39 is 4.92 Å². The lowest BCUT2D eigenvalue weighted by atomic mass is 10.4. The molecule has 0 spiro atoms. The van der Waals surface area contributed by atoms with Crippen LogP contribution in [0.5, 0.6) is 0 Å². The second-order valence-electron chi connectivity index (χ2n) is 2.80. The third-order valence-corrected chi connectivity index (χ3v) is 3.60.